The van der Waals surface area contributed by atoms with Gasteiger partial charge < -0.3 is 10.2 Å². The zero-order chi connectivity index (χ0) is 26.3. The number of rotatable bonds is 10. The summed E-state index contributed by atoms with van der Waals surface area (Å²) in [4.78, 5) is 28.0. The third kappa shape index (κ3) is 6.25. The molecule has 0 saturated carbocycles. The number of carbonyl (C=O) groups excluding carboxylic acids is 2. The first-order chi connectivity index (χ1) is 17.2. The van der Waals surface area contributed by atoms with E-state index in [0.29, 0.717) is 22.7 Å². The maximum atomic E-state index is 13.8. The van der Waals surface area contributed by atoms with Crippen molar-refractivity contribution in [3.8, 4) is 0 Å². The molecule has 0 unspecified atom stereocenters. The molecule has 36 heavy (non-hydrogen) atoms. The van der Waals surface area contributed by atoms with E-state index in [-0.39, 0.29) is 17.3 Å². The lowest BCUT2D eigenvalue weighted by Crippen LogP contribution is -2.51. The Labute approximate surface area is 217 Å². The lowest BCUT2D eigenvalue weighted by Gasteiger charge is -2.33. The average Bonchev–Trinajstić information content (AvgIpc) is 2.89. The first kappa shape index (κ1) is 27.2. The van der Waals surface area contributed by atoms with Crippen LogP contribution in [0.4, 0.5) is 5.69 Å². The first-order valence-corrected chi connectivity index (χ1v) is 13.4. The zero-order valence-corrected chi connectivity index (χ0v) is 22.1. The van der Waals surface area contributed by atoms with Crippen LogP contribution in [0.3, 0.4) is 0 Å². The van der Waals surface area contributed by atoms with Crippen LogP contribution in [0.15, 0.2) is 83.8 Å². The minimum Gasteiger partial charge on any atom is -0.357 e. The summed E-state index contributed by atoms with van der Waals surface area (Å²) in [5, 5.41) is 2.95. The first-order valence-electron chi connectivity index (χ1n) is 11.6. The fourth-order valence-electron chi connectivity index (χ4n) is 3.95. The Morgan fingerprint density at radius 3 is 2.17 bits per heavy atom. The highest BCUT2D eigenvalue weighted by Crippen LogP contribution is 2.30. The predicted octanol–water partition coefficient (Wildman–Crippen LogP) is 4.40. The summed E-state index contributed by atoms with van der Waals surface area (Å²) in [7, 11) is -2.61. The molecule has 0 radical (unpaired) electrons. The summed E-state index contributed by atoms with van der Waals surface area (Å²) in [6.45, 7) is 3.22. The van der Waals surface area contributed by atoms with Crippen LogP contribution in [0.5, 0.6) is 0 Å². The van der Waals surface area contributed by atoms with Crippen molar-refractivity contribution in [3.63, 3.8) is 0 Å². The second-order valence-corrected chi connectivity index (χ2v) is 10.6. The van der Waals surface area contributed by atoms with E-state index in [2.05, 4.69) is 5.32 Å². The van der Waals surface area contributed by atoms with Crippen LogP contribution in [-0.2, 0) is 26.2 Å². The molecule has 3 aromatic rings. The van der Waals surface area contributed by atoms with Gasteiger partial charge in [0.1, 0.15) is 12.6 Å². The van der Waals surface area contributed by atoms with Crippen LogP contribution >= 0.6 is 11.6 Å². The summed E-state index contributed by atoms with van der Waals surface area (Å²) < 4.78 is 28.6. The van der Waals surface area contributed by atoms with Gasteiger partial charge in [0.15, 0.2) is 0 Å². The second kappa shape index (κ2) is 12.1. The van der Waals surface area contributed by atoms with Gasteiger partial charge >= 0.3 is 0 Å². The molecule has 190 valence electrons. The Kier molecular flexibility index (Phi) is 9.12. The average molecular weight is 528 g/mol. The van der Waals surface area contributed by atoms with Gasteiger partial charge in [-0.2, -0.15) is 0 Å². The smallest absolute Gasteiger partial charge is 0.264 e. The van der Waals surface area contributed by atoms with Gasteiger partial charge in [-0.3, -0.25) is 13.9 Å². The molecule has 7 nitrogen and oxygen atoms in total. The van der Waals surface area contributed by atoms with Crippen LogP contribution in [0.2, 0.25) is 5.02 Å². The number of aryl methyl sites for hydroxylation is 1. The Morgan fingerprint density at radius 2 is 1.58 bits per heavy atom. The number of amides is 2. The summed E-state index contributed by atoms with van der Waals surface area (Å²) in [6, 6.07) is 21.3. The SMILES string of the molecule is CC[C@@H](C(=O)NC)N(Cc1ccccc1)C(=O)CN(c1cc(Cl)ccc1C)S(=O)(=O)c1ccccc1. The molecule has 0 spiro atoms. The van der Waals surface area contributed by atoms with Crippen LogP contribution < -0.4 is 9.62 Å². The number of likely N-dealkylation sites (N-methyl/N-ethyl adjacent to an activating group) is 1. The Bertz CT molecular complexity index is 1300. The van der Waals surface area contributed by atoms with E-state index in [0.717, 1.165) is 9.87 Å². The molecule has 2 amide bonds. The van der Waals surface area contributed by atoms with E-state index in [1.54, 1.807) is 37.3 Å². The monoisotopic (exact) mass is 527 g/mol. The number of anilines is 1. The molecule has 3 aromatic carbocycles. The van der Waals surface area contributed by atoms with E-state index in [9.17, 15) is 18.0 Å². The van der Waals surface area contributed by atoms with E-state index in [1.165, 1.54) is 30.1 Å². The lowest BCUT2D eigenvalue weighted by atomic mass is 10.1. The van der Waals surface area contributed by atoms with Crippen molar-refractivity contribution in [2.75, 3.05) is 17.9 Å². The second-order valence-electron chi connectivity index (χ2n) is 8.30. The van der Waals surface area contributed by atoms with Gasteiger partial charge in [-0.05, 0) is 48.7 Å². The highest BCUT2D eigenvalue weighted by Gasteiger charge is 2.33. The summed E-state index contributed by atoms with van der Waals surface area (Å²) in [6.07, 6.45) is 0.361. The highest BCUT2D eigenvalue weighted by atomic mass is 35.5. The third-order valence-electron chi connectivity index (χ3n) is 5.88. The maximum Gasteiger partial charge on any atom is 0.264 e. The van der Waals surface area contributed by atoms with Crippen molar-refractivity contribution >= 4 is 39.1 Å². The normalized spacial score (nSPS) is 12.0. The zero-order valence-electron chi connectivity index (χ0n) is 20.5. The molecular formula is C27H30ClN3O4S. The molecule has 0 aliphatic heterocycles. The summed E-state index contributed by atoms with van der Waals surface area (Å²) in [5.74, 6) is -0.827. The third-order valence-corrected chi connectivity index (χ3v) is 7.89. The minimum atomic E-state index is -4.13. The van der Waals surface area contributed by atoms with Crippen LogP contribution in [-0.4, -0.2) is 44.8 Å². The van der Waals surface area contributed by atoms with Crippen molar-refractivity contribution < 1.29 is 18.0 Å². The number of nitrogens with zero attached hydrogens (tertiary/aromatic N) is 2. The number of hydrogen-bond acceptors (Lipinski definition) is 4. The van der Waals surface area contributed by atoms with E-state index in [4.69, 9.17) is 11.6 Å². The molecule has 9 heteroatoms. The summed E-state index contributed by atoms with van der Waals surface area (Å²) >= 11 is 6.23. The number of sulfonamides is 1. The molecule has 0 heterocycles. The molecule has 0 aliphatic rings. The topological polar surface area (TPSA) is 86.8 Å². The number of benzene rings is 3. The number of nitrogens with one attached hydrogen (secondary N) is 1. The fourth-order valence-corrected chi connectivity index (χ4v) is 5.61. The van der Waals surface area contributed by atoms with E-state index in [1.807, 2.05) is 37.3 Å². The van der Waals surface area contributed by atoms with Gasteiger partial charge in [0.25, 0.3) is 10.0 Å². The maximum absolute atomic E-state index is 13.8. The lowest BCUT2D eigenvalue weighted by molar-refractivity contribution is -0.140. The van der Waals surface area contributed by atoms with Crippen molar-refractivity contribution in [3.05, 3.63) is 95.0 Å². The number of halogens is 1. The molecule has 0 saturated heterocycles. The largest absolute Gasteiger partial charge is 0.357 e. The van der Waals surface area contributed by atoms with Crippen molar-refractivity contribution in [1.29, 1.82) is 0 Å². The minimum absolute atomic E-state index is 0.0464. The Morgan fingerprint density at radius 1 is 0.972 bits per heavy atom. The molecule has 0 bridgehead atoms. The summed E-state index contributed by atoms with van der Waals surface area (Å²) in [5.41, 5.74) is 1.76. The standard InChI is InChI=1S/C27H30ClN3O4S/c1-4-24(27(33)29-3)30(18-21-11-7-5-8-12-21)26(32)19-31(25-17-22(28)16-15-20(25)2)36(34,35)23-13-9-6-10-14-23/h5-17,24H,4,18-19H2,1-3H3,(H,29,33)/t24-/m0/s1. The highest BCUT2D eigenvalue weighted by molar-refractivity contribution is 7.92. The van der Waals surface area contributed by atoms with Gasteiger partial charge in [-0.25, -0.2) is 8.42 Å². The van der Waals surface area contributed by atoms with Gasteiger partial charge in [0.05, 0.1) is 10.6 Å². The molecule has 0 fully saturated rings. The van der Waals surface area contributed by atoms with E-state index < -0.39 is 28.5 Å². The molecule has 0 aliphatic carbocycles. The quantitative estimate of drug-likeness (QED) is 0.423. The van der Waals surface area contributed by atoms with Crippen LogP contribution in [0, 0.1) is 6.92 Å². The predicted molar refractivity (Wildman–Crippen MR) is 142 cm³/mol. The molecular weight excluding hydrogens is 498 g/mol. The van der Waals surface area contributed by atoms with E-state index >= 15 is 0 Å². The fraction of sp³-hybridized carbons (Fsp3) is 0.259. The van der Waals surface area contributed by atoms with Gasteiger partial charge in [0, 0.05) is 18.6 Å². The van der Waals surface area contributed by atoms with Crippen LogP contribution in [0.1, 0.15) is 24.5 Å². The van der Waals surface area contributed by atoms with Crippen molar-refractivity contribution in [2.24, 2.45) is 0 Å². The molecule has 1 atom stereocenters. The number of hydrogen-bond donors (Lipinski definition) is 1. The Hall–Kier alpha value is -3.36. The Balaban J connectivity index is 2.08. The van der Waals surface area contributed by atoms with Gasteiger partial charge in [0.2, 0.25) is 11.8 Å². The van der Waals surface area contributed by atoms with Crippen LogP contribution in [0.25, 0.3) is 0 Å². The van der Waals surface area contributed by atoms with Gasteiger partial charge in [-0.15, -0.1) is 0 Å². The van der Waals surface area contributed by atoms with Gasteiger partial charge in [-0.1, -0.05) is 73.1 Å². The molecule has 0 aromatic heterocycles. The van der Waals surface area contributed by atoms with Crippen molar-refractivity contribution in [1.82, 2.24) is 10.2 Å². The van der Waals surface area contributed by atoms with Crippen molar-refractivity contribution in [2.45, 2.75) is 37.8 Å². The number of carbonyl (C=O) groups is 2. The molecule has 3 rings (SSSR count). The molecule has 1 N–H and O–H groups in total.